The molecule has 5 nitrogen and oxygen atoms in total. The van der Waals surface area contributed by atoms with Gasteiger partial charge in [-0.15, -0.1) is 0 Å². The molecule has 0 saturated carbocycles. The summed E-state index contributed by atoms with van der Waals surface area (Å²) in [4.78, 5) is 18.0. The zero-order valence-corrected chi connectivity index (χ0v) is 17.8. The number of carbonyl (C=O) groups excluding carboxylic acids is 1. The Bertz CT molecular complexity index is 756. The van der Waals surface area contributed by atoms with Crippen LogP contribution in [0, 0.1) is 28.1 Å². The Morgan fingerprint density at radius 2 is 1.83 bits per heavy atom. The first-order valence-electron chi connectivity index (χ1n) is 11.0. The molecule has 0 aromatic heterocycles. The molecule has 0 radical (unpaired) electrons. The standard InChI is InChI=1S/C24H33N3O2/c1-23(2)18-27(22(28)24(17-25)10-14-29-15-11-24)21(23)20-8-12-26(13-9-20)16-19-6-4-3-5-7-19/h3-7,20-21H,8-16,18H2,1-2H3. The lowest BCUT2D eigenvalue weighted by molar-refractivity contribution is -0.171. The quantitative estimate of drug-likeness (QED) is 0.783. The molecule has 0 N–H and O–H groups in total. The van der Waals surface area contributed by atoms with Gasteiger partial charge in [0.15, 0.2) is 0 Å². The minimum Gasteiger partial charge on any atom is -0.381 e. The van der Waals surface area contributed by atoms with Gasteiger partial charge in [-0.3, -0.25) is 9.69 Å². The second-order valence-electron chi connectivity index (χ2n) is 9.77. The van der Waals surface area contributed by atoms with Crippen LogP contribution in [0.15, 0.2) is 30.3 Å². The van der Waals surface area contributed by atoms with Gasteiger partial charge in [0.1, 0.15) is 5.41 Å². The Balaban J connectivity index is 1.40. The topological polar surface area (TPSA) is 56.6 Å². The van der Waals surface area contributed by atoms with Gasteiger partial charge in [-0.1, -0.05) is 44.2 Å². The Kier molecular flexibility index (Phi) is 5.68. The van der Waals surface area contributed by atoms with Crippen LogP contribution in [0.3, 0.4) is 0 Å². The summed E-state index contributed by atoms with van der Waals surface area (Å²) < 4.78 is 5.43. The molecular weight excluding hydrogens is 362 g/mol. The zero-order valence-electron chi connectivity index (χ0n) is 17.8. The number of hydrogen-bond acceptors (Lipinski definition) is 4. The molecule has 3 heterocycles. The molecule has 29 heavy (non-hydrogen) atoms. The molecule has 0 spiro atoms. The van der Waals surface area contributed by atoms with Gasteiger partial charge in [0.2, 0.25) is 5.91 Å². The van der Waals surface area contributed by atoms with Gasteiger partial charge in [-0.2, -0.15) is 5.26 Å². The highest BCUT2D eigenvalue weighted by Gasteiger charge is 2.56. The molecule has 3 saturated heterocycles. The van der Waals surface area contributed by atoms with Crippen LogP contribution in [0.4, 0.5) is 0 Å². The van der Waals surface area contributed by atoms with Gasteiger partial charge < -0.3 is 9.64 Å². The SMILES string of the molecule is CC1(C)CN(C(=O)C2(C#N)CCOCC2)C1C1CCN(Cc2ccccc2)CC1. The number of nitrogens with zero attached hydrogens (tertiary/aromatic N) is 3. The van der Waals surface area contributed by atoms with E-state index in [-0.39, 0.29) is 17.4 Å². The minimum atomic E-state index is -0.874. The number of hydrogen-bond donors (Lipinski definition) is 0. The molecule has 1 atom stereocenters. The van der Waals surface area contributed by atoms with Gasteiger partial charge in [-0.05, 0) is 50.3 Å². The summed E-state index contributed by atoms with van der Waals surface area (Å²) in [7, 11) is 0. The molecule has 3 fully saturated rings. The third-order valence-electron chi connectivity index (χ3n) is 7.27. The predicted octanol–water partition coefficient (Wildman–Crippen LogP) is 3.46. The van der Waals surface area contributed by atoms with Crippen LogP contribution in [-0.2, 0) is 16.1 Å². The molecule has 3 aliphatic rings. The molecule has 156 valence electrons. The van der Waals surface area contributed by atoms with Crippen molar-refractivity contribution >= 4 is 5.91 Å². The molecule has 1 amide bonds. The lowest BCUT2D eigenvalue weighted by atomic mass is 9.65. The summed E-state index contributed by atoms with van der Waals surface area (Å²) in [6, 6.07) is 13.3. The van der Waals surface area contributed by atoms with Crippen LogP contribution in [0.1, 0.15) is 45.1 Å². The second kappa shape index (κ2) is 8.08. The van der Waals surface area contributed by atoms with Crippen LogP contribution < -0.4 is 0 Å². The van der Waals surface area contributed by atoms with E-state index in [1.807, 2.05) is 4.90 Å². The first kappa shape index (κ1) is 20.4. The van der Waals surface area contributed by atoms with E-state index in [0.29, 0.717) is 32.0 Å². The Morgan fingerprint density at radius 1 is 1.17 bits per heavy atom. The van der Waals surface area contributed by atoms with E-state index in [0.717, 1.165) is 39.0 Å². The first-order chi connectivity index (χ1) is 14.0. The third kappa shape index (κ3) is 3.93. The highest BCUT2D eigenvalue weighted by atomic mass is 16.5. The average molecular weight is 396 g/mol. The summed E-state index contributed by atoms with van der Waals surface area (Å²) in [5.74, 6) is 0.574. The highest BCUT2D eigenvalue weighted by molar-refractivity contribution is 5.87. The van der Waals surface area contributed by atoms with Crippen molar-refractivity contribution in [3.05, 3.63) is 35.9 Å². The fourth-order valence-corrected chi connectivity index (χ4v) is 5.67. The fourth-order valence-electron chi connectivity index (χ4n) is 5.67. The first-order valence-corrected chi connectivity index (χ1v) is 11.0. The summed E-state index contributed by atoms with van der Waals surface area (Å²) in [6.07, 6.45) is 3.30. The number of nitriles is 1. The summed E-state index contributed by atoms with van der Waals surface area (Å²) in [5, 5.41) is 9.82. The van der Waals surface area contributed by atoms with Crippen LogP contribution >= 0.6 is 0 Å². The number of ether oxygens (including phenoxy) is 1. The monoisotopic (exact) mass is 395 g/mol. The van der Waals surface area contributed by atoms with Gasteiger partial charge in [0.25, 0.3) is 0 Å². The third-order valence-corrected chi connectivity index (χ3v) is 7.27. The second-order valence-corrected chi connectivity index (χ2v) is 9.77. The van der Waals surface area contributed by atoms with Crippen LogP contribution in [0.5, 0.6) is 0 Å². The zero-order chi connectivity index (χ0) is 20.5. The van der Waals surface area contributed by atoms with Gasteiger partial charge in [0, 0.05) is 37.8 Å². The number of rotatable bonds is 4. The lowest BCUT2D eigenvalue weighted by Crippen LogP contribution is -2.69. The van der Waals surface area contributed by atoms with Crippen molar-refractivity contribution in [2.75, 3.05) is 32.8 Å². The van der Waals surface area contributed by atoms with Crippen LogP contribution in [-0.4, -0.2) is 54.6 Å². The summed E-state index contributed by atoms with van der Waals surface area (Å²) in [6.45, 7) is 9.50. The van der Waals surface area contributed by atoms with E-state index >= 15 is 0 Å². The van der Waals surface area contributed by atoms with E-state index in [4.69, 9.17) is 4.74 Å². The lowest BCUT2D eigenvalue weighted by Gasteiger charge is -2.60. The van der Waals surface area contributed by atoms with E-state index < -0.39 is 5.41 Å². The molecule has 4 rings (SSSR count). The molecule has 1 aromatic rings. The maximum absolute atomic E-state index is 13.4. The van der Waals surface area contributed by atoms with Crippen molar-refractivity contribution in [3.8, 4) is 6.07 Å². The maximum Gasteiger partial charge on any atom is 0.243 e. The van der Waals surface area contributed by atoms with Crippen molar-refractivity contribution in [2.24, 2.45) is 16.7 Å². The number of benzene rings is 1. The van der Waals surface area contributed by atoms with Crippen LogP contribution in [0.2, 0.25) is 0 Å². The average Bonchev–Trinajstić information content (AvgIpc) is 2.74. The van der Waals surface area contributed by atoms with Gasteiger partial charge in [-0.25, -0.2) is 0 Å². The summed E-state index contributed by atoms with van der Waals surface area (Å²) in [5.41, 5.74) is 0.618. The number of carbonyl (C=O) groups is 1. The van der Waals surface area contributed by atoms with E-state index in [2.05, 4.69) is 55.1 Å². The van der Waals surface area contributed by atoms with Crippen molar-refractivity contribution < 1.29 is 9.53 Å². The molecule has 5 heteroatoms. The molecule has 3 aliphatic heterocycles. The van der Waals surface area contributed by atoms with Gasteiger partial charge in [0.05, 0.1) is 6.07 Å². The van der Waals surface area contributed by atoms with Gasteiger partial charge >= 0.3 is 0 Å². The normalized spacial score (nSPS) is 27.1. The van der Waals surface area contributed by atoms with Crippen molar-refractivity contribution in [2.45, 2.75) is 52.1 Å². The maximum atomic E-state index is 13.4. The van der Waals surface area contributed by atoms with E-state index in [1.165, 1.54) is 5.56 Å². The Labute approximate surface area is 174 Å². The number of likely N-dealkylation sites (tertiary alicyclic amines) is 2. The molecule has 0 aliphatic carbocycles. The number of piperidine rings is 1. The van der Waals surface area contributed by atoms with Crippen molar-refractivity contribution in [3.63, 3.8) is 0 Å². The predicted molar refractivity (Wildman–Crippen MR) is 112 cm³/mol. The van der Waals surface area contributed by atoms with E-state index in [1.54, 1.807) is 0 Å². The Hall–Kier alpha value is -1.90. The molecule has 0 bridgehead atoms. The highest BCUT2D eigenvalue weighted by Crippen LogP contribution is 2.47. The molecule has 1 unspecified atom stereocenters. The smallest absolute Gasteiger partial charge is 0.243 e. The largest absolute Gasteiger partial charge is 0.381 e. The number of amides is 1. The van der Waals surface area contributed by atoms with E-state index in [9.17, 15) is 10.1 Å². The molecular formula is C24H33N3O2. The van der Waals surface area contributed by atoms with Crippen LogP contribution in [0.25, 0.3) is 0 Å². The summed E-state index contributed by atoms with van der Waals surface area (Å²) >= 11 is 0. The fraction of sp³-hybridized carbons (Fsp3) is 0.667. The molecule has 1 aromatic carbocycles. The Morgan fingerprint density at radius 3 is 2.41 bits per heavy atom. The van der Waals surface area contributed by atoms with Crippen molar-refractivity contribution in [1.29, 1.82) is 5.26 Å². The minimum absolute atomic E-state index is 0.0549. The van der Waals surface area contributed by atoms with Crippen molar-refractivity contribution in [1.82, 2.24) is 9.80 Å².